The van der Waals surface area contributed by atoms with E-state index < -0.39 is 0 Å². The highest BCUT2D eigenvalue weighted by atomic mass is 19.1. The van der Waals surface area contributed by atoms with Gasteiger partial charge < -0.3 is 20.3 Å². The zero-order valence-corrected chi connectivity index (χ0v) is 17.2. The van der Waals surface area contributed by atoms with Crippen LogP contribution < -0.4 is 15.4 Å². The van der Waals surface area contributed by atoms with Gasteiger partial charge in [-0.2, -0.15) is 0 Å². The molecule has 1 saturated heterocycles. The molecule has 0 aromatic heterocycles. The second kappa shape index (κ2) is 10.3. The Labute approximate surface area is 172 Å². The first-order chi connectivity index (χ1) is 14.0. The van der Waals surface area contributed by atoms with Crippen molar-refractivity contribution in [3.63, 3.8) is 0 Å². The molecule has 156 valence electrons. The third-order valence-corrected chi connectivity index (χ3v) is 5.02. The van der Waals surface area contributed by atoms with E-state index in [-0.39, 0.29) is 24.0 Å². The predicted octanol–water partition coefficient (Wildman–Crippen LogP) is 4.08. The Morgan fingerprint density at radius 3 is 2.34 bits per heavy atom. The van der Waals surface area contributed by atoms with Gasteiger partial charge in [0.05, 0.1) is 6.10 Å². The smallest absolute Gasteiger partial charge is 0.318 e. The van der Waals surface area contributed by atoms with Gasteiger partial charge in [0, 0.05) is 19.1 Å². The molecular formula is C23H30FN3O2. The lowest BCUT2D eigenvalue weighted by Crippen LogP contribution is -2.49. The number of carbonyl (C=O) groups is 1. The molecule has 29 heavy (non-hydrogen) atoms. The molecular weight excluding hydrogens is 369 g/mol. The van der Waals surface area contributed by atoms with E-state index >= 15 is 0 Å². The predicted molar refractivity (Wildman–Crippen MR) is 112 cm³/mol. The maximum Gasteiger partial charge on any atom is 0.318 e. The highest BCUT2D eigenvalue weighted by Gasteiger charge is 2.25. The van der Waals surface area contributed by atoms with Gasteiger partial charge in [-0.15, -0.1) is 0 Å². The van der Waals surface area contributed by atoms with E-state index in [1.54, 1.807) is 12.1 Å². The topological polar surface area (TPSA) is 53.6 Å². The lowest BCUT2D eigenvalue weighted by molar-refractivity contribution is 0.154. The summed E-state index contributed by atoms with van der Waals surface area (Å²) in [6.07, 6.45) is 1.99. The molecule has 1 aliphatic heterocycles. The second-order valence-corrected chi connectivity index (χ2v) is 7.70. The molecule has 0 bridgehead atoms. The van der Waals surface area contributed by atoms with Crippen molar-refractivity contribution < 1.29 is 13.9 Å². The Balaban J connectivity index is 1.66. The summed E-state index contributed by atoms with van der Waals surface area (Å²) in [6.45, 7) is 6.74. The van der Waals surface area contributed by atoms with Crippen LogP contribution in [0.25, 0.3) is 0 Å². The molecule has 5 nitrogen and oxygen atoms in total. The summed E-state index contributed by atoms with van der Waals surface area (Å²) in [6, 6.07) is 14.2. The summed E-state index contributed by atoms with van der Waals surface area (Å²) in [5.41, 5.74) is 1.94. The quantitative estimate of drug-likeness (QED) is 0.738. The molecule has 0 unspecified atom stereocenters. The number of piperidine rings is 1. The summed E-state index contributed by atoms with van der Waals surface area (Å²) in [4.78, 5) is 14.9. The number of ether oxygens (including phenoxy) is 1. The van der Waals surface area contributed by atoms with Gasteiger partial charge in [-0.05, 0) is 75.2 Å². The number of halogens is 1. The van der Waals surface area contributed by atoms with E-state index in [9.17, 15) is 9.18 Å². The molecule has 2 amide bonds. The number of hydrogen-bond acceptors (Lipinski definition) is 3. The second-order valence-electron chi connectivity index (χ2n) is 7.70. The first-order valence-corrected chi connectivity index (χ1v) is 10.3. The van der Waals surface area contributed by atoms with Crippen molar-refractivity contribution in [2.24, 2.45) is 0 Å². The zero-order valence-electron chi connectivity index (χ0n) is 17.2. The number of nitrogens with zero attached hydrogens (tertiary/aromatic N) is 1. The van der Waals surface area contributed by atoms with E-state index in [4.69, 9.17) is 4.74 Å². The van der Waals surface area contributed by atoms with E-state index in [1.165, 1.54) is 12.1 Å². The van der Waals surface area contributed by atoms with Crippen LogP contribution in [0.15, 0.2) is 48.5 Å². The molecule has 1 aliphatic rings. The van der Waals surface area contributed by atoms with Crippen LogP contribution in [-0.2, 0) is 13.1 Å². The SMILES string of the molecule is CC(C)Oc1ccc(CN(C(=O)NCc2ccc(F)cc2)C2CCNCC2)cc1. The zero-order chi connectivity index (χ0) is 20.6. The number of carbonyl (C=O) groups excluding carboxylic acids is 1. The minimum absolute atomic E-state index is 0.0938. The van der Waals surface area contributed by atoms with Crippen LogP contribution in [0.4, 0.5) is 9.18 Å². The number of nitrogens with one attached hydrogen (secondary N) is 2. The van der Waals surface area contributed by atoms with Crippen molar-refractivity contribution >= 4 is 6.03 Å². The summed E-state index contributed by atoms with van der Waals surface area (Å²) < 4.78 is 18.8. The molecule has 3 rings (SSSR count). The fourth-order valence-corrected chi connectivity index (χ4v) is 3.51. The van der Waals surface area contributed by atoms with Gasteiger partial charge in [-0.1, -0.05) is 24.3 Å². The van der Waals surface area contributed by atoms with Crippen LogP contribution in [-0.4, -0.2) is 36.2 Å². The van der Waals surface area contributed by atoms with Crippen LogP contribution >= 0.6 is 0 Å². The van der Waals surface area contributed by atoms with Crippen LogP contribution in [0, 0.1) is 5.82 Å². The van der Waals surface area contributed by atoms with E-state index in [1.807, 2.05) is 43.0 Å². The van der Waals surface area contributed by atoms with Crippen LogP contribution in [0.3, 0.4) is 0 Å². The fraction of sp³-hybridized carbons (Fsp3) is 0.435. The minimum Gasteiger partial charge on any atom is -0.491 e. The fourth-order valence-electron chi connectivity index (χ4n) is 3.51. The van der Waals surface area contributed by atoms with Gasteiger partial charge in [-0.25, -0.2) is 9.18 Å². The molecule has 2 aromatic carbocycles. The molecule has 6 heteroatoms. The van der Waals surface area contributed by atoms with Crippen molar-refractivity contribution in [3.8, 4) is 5.75 Å². The Morgan fingerprint density at radius 2 is 1.72 bits per heavy atom. The highest BCUT2D eigenvalue weighted by molar-refractivity contribution is 5.74. The monoisotopic (exact) mass is 399 g/mol. The summed E-state index contributed by atoms with van der Waals surface area (Å²) in [5, 5.41) is 6.34. The van der Waals surface area contributed by atoms with Crippen molar-refractivity contribution in [3.05, 3.63) is 65.5 Å². The third-order valence-electron chi connectivity index (χ3n) is 5.02. The van der Waals surface area contributed by atoms with Crippen molar-refractivity contribution in [2.75, 3.05) is 13.1 Å². The molecule has 1 fully saturated rings. The third kappa shape index (κ3) is 6.46. The Morgan fingerprint density at radius 1 is 1.10 bits per heavy atom. The van der Waals surface area contributed by atoms with Gasteiger partial charge >= 0.3 is 6.03 Å². The van der Waals surface area contributed by atoms with Crippen LogP contribution in [0.5, 0.6) is 5.75 Å². The average molecular weight is 400 g/mol. The van der Waals surface area contributed by atoms with Crippen LogP contribution in [0.2, 0.25) is 0 Å². The molecule has 0 aliphatic carbocycles. The number of amides is 2. The van der Waals surface area contributed by atoms with Crippen molar-refractivity contribution in [1.82, 2.24) is 15.5 Å². The number of hydrogen-bond donors (Lipinski definition) is 2. The van der Waals surface area contributed by atoms with Gasteiger partial charge in [-0.3, -0.25) is 0 Å². The minimum atomic E-state index is -0.277. The molecule has 0 atom stereocenters. The first kappa shape index (κ1) is 21.1. The average Bonchev–Trinajstić information content (AvgIpc) is 2.73. The van der Waals surface area contributed by atoms with Gasteiger partial charge in [0.25, 0.3) is 0 Å². The molecule has 0 radical (unpaired) electrons. The summed E-state index contributed by atoms with van der Waals surface area (Å²) >= 11 is 0. The Hall–Kier alpha value is -2.60. The van der Waals surface area contributed by atoms with E-state index in [2.05, 4.69) is 10.6 Å². The van der Waals surface area contributed by atoms with Gasteiger partial charge in [0.2, 0.25) is 0 Å². The van der Waals surface area contributed by atoms with Crippen LogP contribution in [0.1, 0.15) is 37.8 Å². The van der Waals surface area contributed by atoms with Crippen molar-refractivity contribution in [2.45, 2.75) is 51.9 Å². The first-order valence-electron chi connectivity index (χ1n) is 10.3. The van der Waals surface area contributed by atoms with Crippen molar-refractivity contribution in [1.29, 1.82) is 0 Å². The number of urea groups is 1. The van der Waals surface area contributed by atoms with E-state index in [0.717, 1.165) is 42.8 Å². The normalized spacial score (nSPS) is 14.6. The lowest BCUT2D eigenvalue weighted by atomic mass is 10.0. The van der Waals surface area contributed by atoms with Gasteiger partial charge in [0.1, 0.15) is 11.6 Å². The molecule has 0 saturated carbocycles. The number of rotatable bonds is 7. The molecule has 2 N–H and O–H groups in total. The van der Waals surface area contributed by atoms with E-state index in [0.29, 0.717) is 13.1 Å². The standard InChI is InChI=1S/C23H30FN3O2/c1-17(2)29-22-9-5-19(6-10-22)16-27(21-11-13-25-14-12-21)23(28)26-15-18-3-7-20(24)8-4-18/h3-10,17,21,25H,11-16H2,1-2H3,(H,26,28). The number of benzene rings is 2. The maximum absolute atomic E-state index is 13.1. The van der Waals surface area contributed by atoms with Gasteiger partial charge in [0.15, 0.2) is 0 Å². The summed E-state index contributed by atoms with van der Waals surface area (Å²) in [7, 11) is 0. The Bertz CT molecular complexity index is 772. The molecule has 0 spiro atoms. The highest BCUT2D eigenvalue weighted by Crippen LogP contribution is 2.19. The molecule has 2 aromatic rings. The maximum atomic E-state index is 13.1. The summed E-state index contributed by atoms with van der Waals surface area (Å²) in [5.74, 6) is 0.555. The largest absolute Gasteiger partial charge is 0.491 e. The molecule has 1 heterocycles. The Kier molecular flexibility index (Phi) is 7.47. The lowest BCUT2D eigenvalue weighted by Gasteiger charge is -2.35.